The maximum atomic E-state index is 13.4. The van der Waals surface area contributed by atoms with Crippen LogP contribution in [0.5, 0.6) is 0 Å². The lowest BCUT2D eigenvalue weighted by molar-refractivity contribution is -0.127. The van der Waals surface area contributed by atoms with Crippen LogP contribution in [0.15, 0.2) is 49.1 Å². The highest BCUT2D eigenvalue weighted by Gasteiger charge is 2.30. The molecular weight excluding hydrogens is 412 g/mol. The zero-order valence-corrected chi connectivity index (χ0v) is 18.4. The Morgan fingerprint density at radius 2 is 2.00 bits per heavy atom. The second kappa shape index (κ2) is 10.0. The average Bonchev–Trinajstić information content (AvgIpc) is 3.31. The fourth-order valence-electron chi connectivity index (χ4n) is 3.99. The summed E-state index contributed by atoms with van der Waals surface area (Å²) in [7, 11) is 0. The third-order valence-corrected chi connectivity index (χ3v) is 5.90. The van der Waals surface area contributed by atoms with Crippen molar-refractivity contribution in [1.82, 2.24) is 29.7 Å². The van der Waals surface area contributed by atoms with Crippen LogP contribution >= 0.6 is 11.6 Å². The summed E-state index contributed by atoms with van der Waals surface area (Å²) in [4.78, 5) is 28.9. The molecule has 2 aromatic heterocycles. The van der Waals surface area contributed by atoms with Gasteiger partial charge < -0.3 is 5.32 Å². The molecule has 1 aliphatic rings. The molecule has 162 valence electrons. The minimum absolute atomic E-state index is 0.0383. The Labute approximate surface area is 187 Å². The van der Waals surface area contributed by atoms with Gasteiger partial charge in [0.25, 0.3) is 0 Å². The third-order valence-electron chi connectivity index (χ3n) is 5.53. The summed E-state index contributed by atoms with van der Waals surface area (Å²) in [6.07, 6.45) is 9.20. The zero-order valence-electron chi connectivity index (χ0n) is 17.7. The Balaban J connectivity index is 1.56. The van der Waals surface area contributed by atoms with Crippen molar-refractivity contribution in [1.29, 1.82) is 0 Å². The van der Waals surface area contributed by atoms with Crippen LogP contribution < -0.4 is 5.32 Å². The van der Waals surface area contributed by atoms with Crippen molar-refractivity contribution in [2.45, 2.75) is 38.6 Å². The lowest BCUT2D eigenvalue weighted by Crippen LogP contribution is -2.44. The number of hydrogen-bond donors (Lipinski definition) is 1. The van der Waals surface area contributed by atoms with Crippen LogP contribution in [0.4, 0.5) is 0 Å². The van der Waals surface area contributed by atoms with Crippen LogP contribution in [0.2, 0.25) is 5.02 Å². The predicted molar refractivity (Wildman–Crippen MR) is 120 cm³/mol. The summed E-state index contributed by atoms with van der Waals surface area (Å²) in [5.41, 5.74) is 2.56. The highest BCUT2D eigenvalue weighted by molar-refractivity contribution is 6.31. The number of imidazole rings is 1. The fraction of sp³-hybridized carbons (Fsp3) is 0.391. The van der Waals surface area contributed by atoms with E-state index in [0.717, 1.165) is 42.2 Å². The van der Waals surface area contributed by atoms with Crippen LogP contribution in [0.1, 0.15) is 42.3 Å². The third kappa shape index (κ3) is 5.29. The van der Waals surface area contributed by atoms with E-state index in [4.69, 9.17) is 16.6 Å². The van der Waals surface area contributed by atoms with E-state index < -0.39 is 6.04 Å². The number of likely N-dealkylation sites (tertiary alicyclic amines) is 1. The largest absolute Gasteiger partial charge is 0.354 e. The summed E-state index contributed by atoms with van der Waals surface area (Å²) in [5.74, 6) is 0.488. The number of benzene rings is 1. The lowest BCUT2D eigenvalue weighted by atomic mass is 10.0. The predicted octanol–water partition coefficient (Wildman–Crippen LogP) is 3.51. The highest BCUT2D eigenvalue weighted by Crippen LogP contribution is 2.25. The molecule has 1 fully saturated rings. The first kappa shape index (κ1) is 21.5. The fourth-order valence-corrected chi connectivity index (χ4v) is 4.22. The van der Waals surface area contributed by atoms with Gasteiger partial charge in [-0.1, -0.05) is 36.2 Å². The molecule has 1 saturated heterocycles. The maximum Gasteiger partial charge on any atom is 0.243 e. The van der Waals surface area contributed by atoms with Crippen molar-refractivity contribution in [2.24, 2.45) is 0 Å². The number of rotatable bonds is 7. The van der Waals surface area contributed by atoms with E-state index in [2.05, 4.69) is 20.2 Å². The summed E-state index contributed by atoms with van der Waals surface area (Å²) >= 11 is 6.26. The number of carbonyl (C=O) groups excluding carboxylic acids is 1. The average molecular weight is 439 g/mol. The van der Waals surface area contributed by atoms with E-state index in [-0.39, 0.29) is 5.91 Å². The second-order valence-electron chi connectivity index (χ2n) is 7.84. The number of nitrogens with one attached hydrogen (secondary N) is 1. The number of aryl methyl sites for hydroxylation is 1. The molecule has 1 unspecified atom stereocenters. The van der Waals surface area contributed by atoms with Crippen molar-refractivity contribution in [3.8, 4) is 5.95 Å². The van der Waals surface area contributed by atoms with Crippen molar-refractivity contribution >= 4 is 17.5 Å². The van der Waals surface area contributed by atoms with E-state index in [1.165, 1.54) is 6.42 Å². The number of carbonyl (C=O) groups is 1. The summed E-state index contributed by atoms with van der Waals surface area (Å²) in [5, 5.41) is 3.83. The van der Waals surface area contributed by atoms with E-state index >= 15 is 0 Å². The summed E-state index contributed by atoms with van der Waals surface area (Å²) < 4.78 is 1.76. The Kier molecular flexibility index (Phi) is 6.94. The monoisotopic (exact) mass is 438 g/mol. The first-order valence-electron chi connectivity index (χ1n) is 10.7. The molecule has 8 heteroatoms. The van der Waals surface area contributed by atoms with Crippen molar-refractivity contribution < 1.29 is 4.79 Å². The zero-order chi connectivity index (χ0) is 21.6. The van der Waals surface area contributed by atoms with Crippen molar-refractivity contribution in [2.75, 3.05) is 19.6 Å². The van der Waals surface area contributed by atoms with Gasteiger partial charge in [-0.05, 0) is 57.0 Å². The molecule has 31 heavy (non-hydrogen) atoms. The first-order chi connectivity index (χ1) is 15.1. The van der Waals surface area contributed by atoms with Gasteiger partial charge >= 0.3 is 0 Å². The van der Waals surface area contributed by atoms with Gasteiger partial charge in [0, 0.05) is 29.7 Å². The van der Waals surface area contributed by atoms with Gasteiger partial charge in [0.1, 0.15) is 12.4 Å². The molecule has 0 radical (unpaired) electrons. The molecule has 0 saturated carbocycles. The number of nitrogens with zero attached hydrogens (tertiary/aromatic N) is 5. The molecule has 1 atom stereocenters. The first-order valence-corrected chi connectivity index (χ1v) is 11.1. The van der Waals surface area contributed by atoms with Gasteiger partial charge in [0.05, 0.1) is 5.69 Å². The minimum atomic E-state index is -0.449. The Morgan fingerprint density at radius 3 is 2.74 bits per heavy atom. The second-order valence-corrected chi connectivity index (χ2v) is 8.24. The number of amides is 1. The summed E-state index contributed by atoms with van der Waals surface area (Å²) in [6.45, 7) is 4.21. The van der Waals surface area contributed by atoms with Gasteiger partial charge in [-0.15, -0.1) is 0 Å². The molecular formula is C23H27ClN6O. The standard InChI is InChI=1S/C23H27ClN6O/c1-17-15-20(28-23(27-17)30-14-11-25-16-30)21(29-12-5-2-6-13-29)22(31)26-10-9-18-7-3-4-8-19(18)24/h3-4,7-8,11,14-16,21H,2,5-6,9-10,12-13H2,1H3,(H,26,31). The topological polar surface area (TPSA) is 75.9 Å². The van der Waals surface area contributed by atoms with Gasteiger partial charge in [0.15, 0.2) is 0 Å². The van der Waals surface area contributed by atoms with Crippen LogP contribution in [0.3, 0.4) is 0 Å². The molecule has 7 nitrogen and oxygen atoms in total. The molecule has 4 rings (SSSR count). The minimum Gasteiger partial charge on any atom is -0.354 e. The molecule has 3 heterocycles. The molecule has 0 aliphatic carbocycles. The molecule has 0 spiro atoms. The van der Waals surface area contributed by atoms with Gasteiger partial charge in [0.2, 0.25) is 11.9 Å². The van der Waals surface area contributed by atoms with Crippen molar-refractivity contribution in [3.05, 3.63) is 71.0 Å². The van der Waals surface area contributed by atoms with Crippen LogP contribution in [0, 0.1) is 6.92 Å². The number of aromatic nitrogens is 4. The number of halogens is 1. The molecule has 1 N–H and O–H groups in total. The SMILES string of the molecule is Cc1cc(C(C(=O)NCCc2ccccc2Cl)N2CCCCC2)nc(-n2ccnc2)n1. The normalized spacial score (nSPS) is 15.5. The van der Waals surface area contributed by atoms with E-state index in [9.17, 15) is 4.79 Å². The number of piperidine rings is 1. The van der Waals surface area contributed by atoms with E-state index in [0.29, 0.717) is 24.6 Å². The highest BCUT2D eigenvalue weighted by atomic mass is 35.5. The smallest absolute Gasteiger partial charge is 0.243 e. The number of hydrogen-bond acceptors (Lipinski definition) is 5. The lowest BCUT2D eigenvalue weighted by Gasteiger charge is -2.33. The summed E-state index contributed by atoms with van der Waals surface area (Å²) in [6, 6.07) is 9.19. The van der Waals surface area contributed by atoms with Crippen LogP contribution in [-0.2, 0) is 11.2 Å². The van der Waals surface area contributed by atoms with Crippen molar-refractivity contribution in [3.63, 3.8) is 0 Å². The van der Waals surface area contributed by atoms with Gasteiger partial charge in [-0.25, -0.2) is 15.0 Å². The molecule has 1 aliphatic heterocycles. The van der Waals surface area contributed by atoms with E-state index in [1.807, 2.05) is 37.3 Å². The Hall–Kier alpha value is -2.77. The van der Waals surface area contributed by atoms with Crippen LogP contribution in [0.25, 0.3) is 5.95 Å². The maximum absolute atomic E-state index is 13.4. The molecule has 1 aromatic carbocycles. The molecule has 1 amide bonds. The Bertz CT molecular complexity index is 1020. The molecule has 3 aromatic rings. The van der Waals surface area contributed by atoms with Gasteiger partial charge in [-0.3, -0.25) is 14.3 Å². The van der Waals surface area contributed by atoms with E-state index in [1.54, 1.807) is 23.3 Å². The quantitative estimate of drug-likeness (QED) is 0.610. The van der Waals surface area contributed by atoms with Crippen LogP contribution in [-0.4, -0.2) is 50.0 Å². The Morgan fingerprint density at radius 1 is 1.19 bits per heavy atom. The van der Waals surface area contributed by atoms with Gasteiger partial charge in [-0.2, -0.15) is 0 Å². The molecule has 0 bridgehead atoms.